The van der Waals surface area contributed by atoms with Crippen molar-refractivity contribution in [3.63, 3.8) is 0 Å². The van der Waals surface area contributed by atoms with Crippen molar-refractivity contribution in [2.45, 2.75) is 90.3 Å². The van der Waals surface area contributed by atoms with Crippen molar-refractivity contribution in [3.8, 4) is 0 Å². The monoisotopic (exact) mass is 346 g/mol. The lowest BCUT2D eigenvalue weighted by Crippen LogP contribution is -2.61. The number of ether oxygens (including phenoxy) is 1. The number of aliphatic hydroxyl groups is 1. The molecule has 1 rings (SSSR count). The molecule has 0 saturated heterocycles. The molecule has 1 saturated carbocycles. The molecule has 0 bridgehead atoms. The zero-order valence-electron chi connectivity index (χ0n) is 15.5. The van der Waals surface area contributed by atoms with E-state index in [9.17, 15) is 19.1 Å². The van der Waals surface area contributed by atoms with Crippen LogP contribution in [-0.4, -0.2) is 46.6 Å². The van der Waals surface area contributed by atoms with Crippen LogP contribution in [0.2, 0.25) is 0 Å². The summed E-state index contributed by atoms with van der Waals surface area (Å²) < 4.78 is 19.5. The number of rotatable bonds is 4. The third-order valence-electron chi connectivity index (χ3n) is 4.21. The summed E-state index contributed by atoms with van der Waals surface area (Å²) in [7, 11) is 0. The minimum atomic E-state index is -1.21. The number of nitrogens with one attached hydrogen (secondary N) is 2. The SMILES string of the molecule is CC(=O)NC1C(F)CCCC1C(O)C(C)(C)NC(=O)OC(C)(C)C. The van der Waals surface area contributed by atoms with Gasteiger partial charge in [-0.25, -0.2) is 9.18 Å². The molecular formula is C17H31FN2O4. The molecule has 0 heterocycles. The average Bonchev–Trinajstić information content (AvgIpc) is 2.36. The van der Waals surface area contributed by atoms with Crippen LogP contribution in [0.1, 0.15) is 60.8 Å². The fourth-order valence-electron chi connectivity index (χ4n) is 3.14. The van der Waals surface area contributed by atoms with Gasteiger partial charge >= 0.3 is 6.09 Å². The van der Waals surface area contributed by atoms with E-state index in [4.69, 9.17) is 4.74 Å². The predicted molar refractivity (Wildman–Crippen MR) is 89.3 cm³/mol. The molecule has 0 spiro atoms. The van der Waals surface area contributed by atoms with Crippen LogP contribution in [0.15, 0.2) is 0 Å². The number of hydrogen-bond donors (Lipinski definition) is 3. The van der Waals surface area contributed by atoms with Crippen LogP contribution in [0.25, 0.3) is 0 Å². The number of hydrogen-bond acceptors (Lipinski definition) is 4. The van der Waals surface area contributed by atoms with Crippen molar-refractivity contribution < 1.29 is 23.8 Å². The van der Waals surface area contributed by atoms with E-state index >= 15 is 0 Å². The molecule has 140 valence electrons. The van der Waals surface area contributed by atoms with Crippen LogP contribution in [0.5, 0.6) is 0 Å². The number of alkyl halides is 1. The Hall–Kier alpha value is -1.37. The molecule has 4 atom stereocenters. The van der Waals surface area contributed by atoms with Crippen molar-refractivity contribution in [2.24, 2.45) is 5.92 Å². The van der Waals surface area contributed by atoms with E-state index in [1.54, 1.807) is 34.6 Å². The van der Waals surface area contributed by atoms with Gasteiger partial charge in [-0.1, -0.05) is 6.42 Å². The number of amides is 2. The van der Waals surface area contributed by atoms with Gasteiger partial charge < -0.3 is 20.5 Å². The van der Waals surface area contributed by atoms with Gasteiger partial charge in [0.05, 0.1) is 17.7 Å². The normalized spacial score (nSPS) is 26.4. The van der Waals surface area contributed by atoms with Gasteiger partial charge in [-0.3, -0.25) is 4.79 Å². The van der Waals surface area contributed by atoms with E-state index in [0.29, 0.717) is 19.3 Å². The van der Waals surface area contributed by atoms with Gasteiger partial charge in [-0.05, 0) is 47.5 Å². The fourth-order valence-corrected chi connectivity index (χ4v) is 3.14. The molecule has 1 aliphatic rings. The number of carbonyl (C=O) groups is 2. The summed E-state index contributed by atoms with van der Waals surface area (Å²) in [4.78, 5) is 23.4. The first-order chi connectivity index (χ1) is 10.8. The van der Waals surface area contributed by atoms with Gasteiger partial charge in [0, 0.05) is 12.8 Å². The van der Waals surface area contributed by atoms with Crippen molar-refractivity contribution in [1.82, 2.24) is 10.6 Å². The number of halogens is 1. The van der Waals surface area contributed by atoms with E-state index in [0.717, 1.165) is 0 Å². The second kappa shape index (κ2) is 7.68. The number of alkyl carbamates (subject to hydrolysis) is 1. The lowest BCUT2D eigenvalue weighted by atomic mass is 9.74. The topological polar surface area (TPSA) is 87.7 Å². The van der Waals surface area contributed by atoms with E-state index in [-0.39, 0.29) is 5.91 Å². The van der Waals surface area contributed by atoms with E-state index in [1.807, 2.05) is 0 Å². The third kappa shape index (κ3) is 5.92. The molecule has 0 aromatic heterocycles. The summed E-state index contributed by atoms with van der Waals surface area (Å²) in [6, 6.07) is -0.758. The van der Waals surface area contributed by atoms with Gasteiger partial charge in [0.2, 0.25) is 5.91 Å². The molecule has 0 aliphatic heterocycles. The highest BCUT2D eigenvalue weighted by Gasteiger charge is 2.44. The maximum Gasteiger partial charge on any atom is 0.408 e. The Morgan fingerprint density at radius 1 is 1.21 bits per heavy atom. The van der Waals surface area contributed by atoms with Crippen LogP contribution in [0, 0.1) is 5.92 Å². The number of aliphatic hydroxyl groups excluding tert-OH is 1. The first kappa shape index (κ1) is 20.7. The maximum atomic E-state index is 14.3. The molecule has 1 aliphatic carbocycles. The highest BCUT2D eigenvalue weighted by molar-refractivity contribution is 5.73. The molecular weight excluding hydrogens is 315 g/mol. The molecule has 4 unspecified atom stereocenters. The molecule has 3 N–H and O–H groups in total. The van der Waals surface area contributed by atoms with E-state index < -0.39 is 41.5 Å². The minimum absolute atomic E-state index is 0.334. The molecule has 0 aromatic rings. The molecule has 0 aromatic carbocycles. The molecule has 6 nitrogen and oxygen atoms in total. The Kier molecular flexibility index (Phi) is 6.61. The summed E-state index contributed by atoms with van der Waals surface area (Å²) in [5, 5.41) is 16.0. The first-order valence-electron chi connectivity index (χ1n) is 8.44. The largest absolute Gasteiger partial charge is 0.444 e. The molecule has 0 radical (unpaired) electrons. The predicted octanol–water partition coefficient (Wildman–Crippen LogP) is 2.29. The zero-order valence-corrected chi connectivity index (χ0v) is 15.5. The first-order valence-corrected chi connectivity index (χ1v) is 8.44. The zero-order chi connectivity index (χ0) is 18.7. The quantitative estimate of drug-likeness (QED) is 0.729. The van der Waals surface area contributed by atoms with E-state index in [2.05, 4.69) is 10.6 Å². The number of carbonyl (C=O) groups excluding carboxylic acids is 2. The second-order valence-electron chi connectivity index (χ2n) is 8.13. The van der Waals surface area contributed by atoms with Crippen LogP contribution >= 0.6 is 0 Å². The summed E-state index contributed by atoms with van der Waals surface area (Å²) >= 11 is 0. The van der Waals surface area contributed by atoms with Crippen molar-refractivity contribution in [1.29, 1.82) is 0 Å². The Balaban J connectivity index is 2.84. The van der Waals surface area contributed by atoms with Gasteiger partial charge in [0.15, 0.2) is 0 Å². The lowest BCUT2D eigenvalue weighted by molar-refractivity contribution is -0.122. The van der Waals surface area contributed by atoms with Crippen molar-refractivity contribution in [3.05, 3.63) is 0 Å². The Morgan fingerprint density at radius 3 is 2.29 bits per heavy atom. The lowest BCUT2D eigenvalue weighted by Gasteiger charge is -2.43. The molecule has 24 heavy (non-hydrogen) atoms. The van der Waals surface area contributed by atoms with Crippen LogP contribution < -0.4 is 10.6 Å². The van der Waals surface area contributed by atoms with E-state index in [1.165, 1.54) is 6.92 Å². The molecule has 2 amide bonds. The summed E-state index contributed by atoms with van der Waals surface area (Å²) in [6.45, 7) is 9.89. The smallest absolute Gasteiger partial charge is 0.408 e. The summed E-state index contributed by atoms with van der Waals surface area (Å²) in [5.74, 6) is -0.817. The fraction of sp³-hybridized carbons (Fsp3) is 0.882. The third-order valence-corrected chi connectivity index (χ3v) is 4.21. The van der Waals surface area contributed by atoms with Crippen LogP contribution in [0.3, 0.4) is 0 Å². The molecule has 7 heteroatoms. The van der Waals surface area contributed by atoms with Gasteiger partial charge in [-0.15, -0.1) is 0 Å². The average molecular weight is 346 g/mol. The van der Waals surface area contributed by atoms with Crippen LogP contribution in [-0.2, 0) is 9.53 Å². The van der Waals surface area contributed by atoms with Crippen molar-refractivity contribution in [2.75, 3.05) is 0 Å². The van der Waals surface area contributed by atoms with Crippen LogP contribution in [0.4, 0.5) is 9.18 Å². The second-order valence-corrected chi connectivity index (χ2v) is 8.13. The van der Waals surface area contributed by atoms with Gasteiger partial charge in [-0.2, -0.15) is 0 Å². The van der Waals surface area contributed by atoms with Crippen molar-refractivity contribution >= 4 is 12.0 Å². The summed E-state index contributed by atoms with van der Waals surface area (Å²) in [6.07, 6.45) is -1.32. The Bertz CT molecular complexity index is 462. The summed E-state index contributed by atoms with van der Waals surface area (Å²) in [5.41, 5.74) is -1.68. The molecule has 1 fully saturated rings. The minimum Gasteiger partial charge on any atom is -0.444 e. The Morgan fingerprint density at radius 2 is 1.79 bits per heavy atom. The highest BCUT2D eigenvalue weighted by Crippen LogP contribution is 2.33. The maximum absolute atomic E-state index is 14.3. The standard InChI is InChI=1S/C17H31FN2O4/c1-10(21)19-13-11(8-7-9-12(13)18)14(22)17(5,6)20-15(23)24-16(2,3)4/h11-14,22H,7-9H2,1-6H3,(H,19,21)(H,20,23). The van der Waals surface area contributed by atoms with Gasteiger partial charge in [0.25, 0.3) is 0 Å². The Labute approximate surface area is 143 Å². The van der Waals surface area contributed by atoms with Gasteiger partial charge in [0.1, 0.15) is 11.8 Å². The highest BCUT2D eigenvalue weighted by atomic mass is 19.1.